The number of hydrogen-bond acceptors (Lipinski definition) is 5. The highest BCUT2D eigenvalue weighted by atomic mass is 32.2. The number of rotatable bonds is 5. The Balaban J connectivity index is 2.18. The summed E-state index contributed by atoms with van der Waals surface area (Å²) in [5, 5.41) is 3.21. The van der Waals surface area contributed by atoms with Crippen LogP contribution in [-0.2, 0) is 21.3 Å². The SMILES string of the molecule is CCNCc1ccc(S(=O)(=O)N2CC(C)OCC2C)s1. The fourth-order valence-electron chi connectivity index (χ4n) is 2.16. The van der Waals surface area contributed by atoms with Crippen LogP contribution in [-0.4, -0.2) is 44.6 Å². The van der Waals surface area contributed by atoms with Crippen LogP contribution in [0.2, 0.25) is 0 Å². The smallest absolute Gasteiger partial charge is 0.252 e. The van der Waals surface area contributed by atoms with Crippen LogP contribution in [0, 0.1) is 0 Å². The van der Waals surface area contributed by atoms with Crippen LogP contribution < -0.4 is 5.32 Å². The molecule has 2 unspecified atom stereocenters. The first-order valence-corrected chi connectivity index (χ1v) is 9.13. The van der Waals surface area contributed by atoms with Crippen LogP contribution in [0.1, 0.15) is 25.6 Å². The average Bonchev–Trinajstić information content (AvgIpc) is 2.88. The van der Waals surface area contributed by atoms with Crippen molar-refractivity contribution in [2.75, 3.05) is 19.7 Å². The standard InChI is InChI=1S/C13H22N2O3S2/c1-4-14-7-12-5-6-13(19-12)20(16,17)15-8-11(3)18-9-10(15)2/h5-6,10-11,14H,4,7-9H2,1-3H3. The van der Waals surface area contributed by atoms with Gasteiger partial charge in [0, 0.05) is 24.0 Å². The van der Waals surface area contributed by atoms with Gasteiger partial charge in [-0.2, -0.15) is 4.31 Å². The Hall–Kier alpha value is -0.470. The highest BCUT2D eigenvalue weighted by molar-refractivity contribution is 7.91. The monoisotopic (exact) mass is 318 g/mol. The zero-order chi connectivity index (χ0) is 14.8. The first-order chi connectivity index (χ1) is 9.45. The van der Waals surface area contributed by atoms with E-state index in [9.17, 15) is 8.42 Å². The summed E-state index contributed by atoms with van der Waals surface area (Å²) in [5.41, 5.74) is 0. The van der Waals surface area contributed by atoms with Crippen molar-refractivity contribution in [2.45, 2.75) is 43.7 Å². The fraction of sp³-hybridized carbons (Fsp3) is 0.692. The molecular formula is C13H22N2O3S2. The summed E-state index contributed by atoms with van der Waals surface area (Å²) in [7, 11) is -3.40. The summed E-state index contributed by atoms with van der Waals surface area (Å²) >= 11 is 1.34. The van der Waals surface area contributed by atoms with E-state index in [4.69, 9.17) is 4.74 Å². The number of thiophene rings is 1. The minimum Gasteiger partial charge on any atom is -0.375 e. The van der Waals surface area contributed by atoms with Crippen molar-refractivity contribution in [3.05, 3.63) is 17.0 Å². The first kappa shape index (κ1) is 15.9. The molecule has 2 atom stereocenters. The second-order valence-corrected chi connectivity index (χ2v) is 8.35. The predicted molar refractivity (Wildman–Crippen MR) is 80.5 cm³/mol. The number of morpholine rings is 1. The van der Waals surface area contributed by atoms with E-state index >= 15 is 0 Å². The van der Waals surface area contributed by atoms with E-state index in [-0.39, 0.29) is 12.1 Å². The van der Waals surface area contributed by atoms with Gasteiger partial charge in [-0.05, 0) is 32.5 Å². The Bertz CT molecular complexity index is 542. The van der Waals surface area contributed by atoms with Gasteiger partial charge >= 0.3 is 0 Å². The van der Waals surface area contributed by atoms with Crippen molar-refractivity contribution in [2.24, 2.45) is 0 Å². The van der Waals surface area contributed by atoms with Crippen LogP contribution in [0.3, 0.4) is 0 Å². The lowest BCUT2D eigenvalue weighted by atomic mass is 10.2. The number of sulfonamides is 1. The minimum absolute atomic E-state index is 0.0536. The van der Waals surface area contributed by atoms with Gasteiger partial charge in [0.2, 0.25) is 0 Å². The summed E-state index contributed by atoms with van der Waals surface area (Å²) in [6, 6.07) is 3.48. The van der Waals surface area contributed by atoms with Gasteiger partial charge in [0.1, 0.15) is 4.21 Å². The summed E-state index contributed by atoms with van der Waals surface area (Å²) in [5.74, 6) is 0. The van der Waals surface area contributed by atoms with Crippen LogP contribution in [0.25, 0.3) is 0 Å². The van der Waals surface area contributed by atoms with E-state index in [0.29, 0.717) is 23.9 Å². The maximum Gasteiger partial charge on any atom is 0.252 e. The Kier molecular flexibility index (Phi) is 5.19. The van der Waals surface area contributed by atoms with Gasteiger partial charge in [-0.15, -0.1) is 11.3 Å². The third kappa shape index (κ3) is 3.40. The lowest BCUT2D eigenvalue weighted by Crippen LogP contribution is -2.49. The number of hydrogen-bond donors (Lipinski definition) is 1. The van der Waals surface area contributed by atoms with Gasteiger partial charge in [-0.25, -0.2) is 8.42 Å². The van der Waals surface area contributed by atoms with Gasteiger partial charge in [0.15, 0.2) is 0 Å². The van der Waals surface area contributed by atoms with E-state index in [0.717, 1.165) is 11.4 Å². The fourth-order valence-corrected chi connectivity index (χ4v) is 5.31. The van der Waals surface area contributed by atoms with Crippen LogP contribution in [0.15, 0.2) is 16.3 Å². The molecule has 1 aromatic rings. The average molecular weight is 318 g/mol. The third-order valence-electron chi connectivity index (χ3n) is 3.30. The molecule has 5 nitrogen and oxygen atoms in total. The molecule has 1 aromatic heterocycles. The van der Waals surface area contributed by atoms with Gasteiger partial charge < -0.3 is 10.1 Å². The molecule has 0 amide bonds. The van der Waals surface area contributed by atoms with Crippen LogP contribution in [0.5, 0.6) is 0 Å². The highest BCUT2D eigenvalue weighted by Crippen LogP contribution is 2.28. The molecule has 20 heavy (non-hydrogen) atoms. The topological polar surface area (TPSA) is 58.6 Å². The summed E-state index contributed by atoms with van der Waals surface area (Å²) in [6.45, 7) is 8.28. The van der Waals surface area contributed by atoms with E-state index < -0.39 is 10.0 Å². The molecule has 0 aliphatic carbocycles. The molecule has 0 aromatic carbocycles. The van der Waals surface area contributed by atoms with Crippen molar-refractivity contribution in [3.63, 3.8) is 0 Å². The molecular weight excluding hydrogens is 296 g/mol. The van der Waals surface area contributed by atoms with Gasteiger partial charge in [-0.1, -0.05) is 6.92 Å². The quantitative estimate of drug-likeness (QED) is 0.897. The molecule has 2 rings (SSSR count). The van der Waals surface area contributed by atoms with Crippen molar-refractivity contribution < 1.29 is 13.2 Å². The second-order valence-electron chi connectivity index (χ2n) is 5.07. The van der Waals surface area contributed by atoms with E-state index in [1.807, 2.05) is 26.8 Å². The Labute approximate surface area is 125 Å². The maximum atomic E-state index is 12.7. The first-order valence-electron chi connectivity index (χ1n) is 6.88. The van der Waals surface area contributed by atoms with Gasteiger partial charge in [0.25, 0.3) is 10.0 Å². The number of nitrogens with one attached hydrogen (secondary N) is 1. The molecule has 114 valence electrons. The van der Waals surface area contributed by atoms with Crippen LogP contribution in [0.4, 0.5) is 0 Å². The molecule has 1 aliphatic rings. The molecule has 0 saturated carbocycles. The summed E-state index contributed by atoms with van der Waals surface area (Å²) < 4.78 is 32.9. The highest BCUT2D eigenvalue weighted by Gasteiger charge is 2.34. The van der Waals surface area contributed by atoms with Crippen molar-refractivity contribution >= 4 is 21.4 Å². The predicted octanol–water partition coefficient (Wildman–Crippen LogP) is 1.66. The summed E-state index contributed by atoms with van der Waals surface area (Å²) in [6.07, 6.45) is -0.0536. The molecule has 2 heterocycles. The Morgan fingerprint density at radius 1 is 1.45 bits per heavy atom. The van der Waals surface area contributed by atoms with Crippen LogP contribution >= 0.6 is 11.3 Å². The normalized spacial score (nSPS) is 24.9. The zero-order valence-corrected chi connectivity index (χ0v) is 13.8. The molecule has 1 aliphatic heterocycles. The molecule has 0 spiro atoms. The molecule has 1 saturated heterocycles. The van der Waals surface area contributed by atoms with Gasteiger partial charge in [-0.3, -0.25) is 0 Å². The Morgan fingerprint density at radius 2 is 2.20 bits per heavy atom. The largest absolute Gasteiger partial charge is 0.375 e. The maximum absolute atomic E-state index is 12.7. The van der Waals surface area contributed by atoms with Crippen molar-refractivity contribution in [1.29, 1.82) is 0 Å². The molecule has 0 bridgehead atoms. The minimum atomic E-state index is -3.40. The van der Waals surface area contributed by atoms with Gasteiger partial charge in [0.05, 0.1) is 12.7 Å². The van der Waals surface area contributed by atoms with E-state index in [1.165, 1.54) is 11.3 Å². The number of nitrogens with zero attached hydrogens (tertiary/aromatic N) is 1. The third-order valence-corrected chi connectivity index (χ3v) is 6.83. The number of ether oxygens (including phenoxy) is 1. The zero-order valence-electron chi connectivity index (χ0n) is 12.1. The lowest BCUT2D eigenvalue weighted by molar-refractivity contribution is -0.0170. The van der Waals surface area contributed by atoms with Crippen molar-refractivity contribution in [1.82, 2.24) is 9.62 Å². The molecule has 1 N–H and O–H groups in total. The second kappa shape index (κ2) is 6.53. The molecule has 7 heteroatoms. The van der Waals surface area contributed by atoms with Crippen molar-refractivity contribution in [3.8, 4) is 0 Å². The summed E-state index contributed by atoms with van der Waals surface area (Å²) in [4.78, 5) is 1.04. The van der Waals surface area contributed by atoms with E-state index in [2.05, 4.69) is 5.32 Å². The van der Waals surface area contributed by atoms with E-state index in [1.54, 1.807) is 10.4 Å². The Morgan fingerprint density at radius 3 is 2.90 bits per heavy atom. The lowest BCUT2D eigenvalue weighted by Gasteiger charge is -2.35. The molecule has 0 radical (unpaired) electrons. The molecule has 1 fully saturated rings.